The van der Waals surface area contributed by atoms with Gasteiger partial charge < -0.3 is 21.5 Å². The molecule has 0 radical (unpaired) electrons. The molecule has 1 aromatic carbocycles. The third-order valence-electron chi connectivity index (χ3n) is 3.15. The summed E-state index contributed by atoms with van der Waals surface area (Å²) in [6.07, 6.45) is -0.499. The van der Waals surface area contributed by atoms with Gasteiger partial charge in [-0.15, -0.1) is 0 Å². The van der Waals surface area contributed by atoms with Gasteiger partial charge in [-0.25, -0.2) is 4.79 Å². The Morgan fingerprint density at radius 1 is 1.17 bits per heavy atom. The van der Waals surface area contributed by atoms with Crippen molar-refractivity contribution in [3.8, 4) is 0 Å². The van der Waals surface area contributed by atoms with Crippen LogP contribution in [0.25, 0.3) is 0 Å². The second-order valence-electron chi connectivity index (χ2n) is 6.79. The highest BCUT2D eigenvalue weighted by molar-refractivity contribution is 5.75. The molecule has 0 aliphatic heterocycles. The molecular formula is C17H28N4O2. The third kappa shape index (κ3) is 7.04. The fourth-order valence-corrected chi connectivity index (χ4v) is 1.99. The lowest BCUT2D eigenvalue weighted by atomic mass is 9.99. The summed E-state index contributed by atoms with van der Waals surface area (Å²) in [5.41, 5.74) is 12.4. The number of alkyl carbamates (subject to hydrolysis) is 1. The highest BCUT2D eigenvalue weighted by atomic mass is 16.6. The molecule has 23 heavy (non-hydrogen) atoms. The van der Waals surface area contributed by atoms with Crippen molar-refractivity contribution < 1.29 is 9.53 Å². The summed E-state index contributed by atoms with van der Waals surface area (Å²) in [7, 11) is 0. The number of guanidine groups is 1. The molecule has 0 heterocycles. The number of carbonyl (C=O) groups is 1. The summed E-state index contributed by atoms with van der Waals surface area (Å²) in [6, 6.07) is 7.67. The quantitative estimate of drug-likeness (QED) is 0.573. The fraction of sp³-hybridized carbons (Fsp3) is 0.529. The molecule has 1 rings (SSSR count). The predicted molar refractivity (Wildman–Crippen MR) is 93.3 cm³/mol. The average Bonchev–Trinajstić information content (AvgIpc) is 2.41. The van der Waals surface area contributed by atoms with Gasteiger partial charge in [0.2, 0.25) is 0 Å². The minimum Gasteiger partial charge on any atom is -0.444 e. The molecule has 0 saturated carbocycles. The summed E-state index contributed by atoms with van der Waals surface area (Å²) in [5.74, 6) is 0.429. The number of nitrogens with two attached hydrogens (primary N) is 2. The van der Waals surface area contributed by atoms with Crippen LogP contribution >= 0.6 is 0 Å². The van der Waals surface area contributed by atoms with Gasteiger partial charge in [-0.1, -0.05) is 38.1 Å². The van der Waals surface area contributed by atoms with E-state index in [1.54, 1.807) is 0 Å². The van der Waals surface area contributed by atoms with Gasteiger partial charge in [0.05, 0.1) is 12.6 Å². The van der Waals surface area contributed by atoms with Crippen LogP contribution in [0.4, 0.5) is 4.79 Å². The molecular weight excluding hydrogens is 292 g/mol. The summed E-state index contributed by atoms with van der Waals surface area (Å²) < 4.78 is 5.30. The van der Waals surface area contributed by atoms with Crippen LogP contribution in [-0.2, 0) is 4.74 Å². The first-order valence-corrected chi connectivity index (χ1v) is 7.73. The van der Waals surface area contributed by atoms with Crippen LogP contribution in [0, 0.1) is 0 Å². The van der Waals surface area contributed by atoms with Crippen LogP contribution in [0.1, 0.15) is 57.7 Å². The Hall–Kier alpha value is -2.24. The number of hydrogen-bond donors (Lipinski definition) is 3. The van der Waals surface area contributed by atoms with Gasteiger partial charge in [-0.05, 0) is 37.8 Å². The van der Waals surface area contributed by atoms with Gasteiger partial charge in [0.25, 0.3) is 0 Å². The Morgan fingerprint density at radius 3 is 2.13 bits per heavy atom. The summed E-state index contributed by atoms with van der Waals surface area (Å²) >= 11 is 0. The molecule has 6 nitrogen and oxygen atoms in total. The molecule has 0 aliphatic carbocycles. The topological polar surface area (TPSA) is 103 Å². The first-order valence-electron chi connectivity index (χ1n) is 7.73. The van der Waals surface area contributed by atoms with Crippen molar-refractivity contribution in [3.05, 3.63) is 35.4 Å². The number of hydrogen-bond acceptors (Lipinski definition) is 3. The Balaban J connectivity index is 2.91. The second-order valence-corrected chi connectivity index (χ2v) is 6.79. The van der Waals surface area contributed by atoms with Crippen LogP contribution in [0.2, 0.25) is 0 Å². The van der Waals surface area contributed by atoms with E-state index in [1.165, 1.54) is 5.56 Å². The van der Waals surface area contributed by atoms with Crippen molar-refractivity contribution in [1.82, 2.24) is 5.32 Å². The zero-order valence-electron chi connectivity index (χ0n) is 14.6. The summed E-state index contributed by atoms with van der Waals surface area (Å²) in [4.78, 5) is 16.0. The molecule has 128 valence electrons. The van der Waals surface area contributed by atoms with Gasteiger partial charge in [-0.2, -0.15) is 0 Å². The second kappa shape index (κ2) is 7.85. The Labute approximate surface area is 138 Å². The molecule has 0 aromatic heterocycles. The minimum absolute atomic E-state index is 0.0141. The molecule has 6 heteroatoms. The third-order valence-corrected chi connectivity index (χ3v) is 3.15. The van der Waals surface area contributed by atoms with Gasteiger partial charge in [-0.3, -0.25) is 4.99 Å². The maximum atomic E-state index is 12.0. The van der Waals surface area contributed by atoms with E-state index >= 15 is 0 Å². The highest BCUT2D eigenvalue weighted by Crippen LogP contribution is 2.20. The normalized spacial score (nSPS) is 12.6. The molecule has 0 spiro atoms. The minimum atomic E-state index is -0.563. The largest absolute Gasteiger partial charge is 0.444 e. The number of aliphatic imine (C=N–C) groups is 1. The van der Waals surface area contributed by atoms with E-state index in [1.807, 2.05) is 45.0 Å². The van der Waals surface area contributed by atoms with Gasteiger partial charge >= 0.3 is 6.09 Å². The SMILES string of the molecule is CC(C)c1ccc(C(CN=C(N)N)NC(=O)OC(C)(C)C)cc1. The Morgan fingerprint density at radius 2 is 1.70 bits per heavy atom. The van der Waals surface area contributed by atoms with Crippen LogP contribution < -0.4 is 16.8 Å². The van der Waals surface area contributed by atoms with E-state index in [4.69, 9.17) is 16.2 Å². The number of benzene rings is 1. The molecule has 0 aliphatic rings. The fourth-order valence-electron chi connectivity index (χ4n) is 1.99. The van der Waals surface area contributed by atoms with Crippen molar-refractivity contribution in [3.63, 3.8) is 0 Å². The van der Waals surface area contributed by atoms with Crippen molar-refractivity contribution in [2.75, 3.05) is 6.54 Å². The first kappa shape index (κ1) is 18.8. The molecule has 1 unspecified atom stereocenters. The van der Waals surface area contributed by atoms with E-state index in [2.05, 4.69) is 24.2 Å². The number of amides is 1. The van der Waals surface area contributed by atoms with Crippen molar-refractivity contribution in [2.45, 2.75) is 52.2 Å². The molecule has 0 saturated heterocycles. The van der Waals surface area contributed by atoms with E-state index in [0.717, 1.165) is 5.56 Å². The lowest BCUT2D eigenvalue weighted by Crippen LogP contribution is -2.36. The lowest BCUT2D eigenvalue weighted by Gasteiger charge is -2.23. The average molecular weight is 320 g/mol. The molecule has 5 N–H and O–H groups in total. The molecule has 1 atom stereocenters. The summed E-state index contributed by atoms with van der Waals surface area (Å²) in [6.45, 7) is 9.96. The number of carbonyl (C=O) groups excluding carboxylic acids is 1. The van der Waals surface area contributed by atoms with E-state index < -0.39 is 11.7 Å². The Bertz CT molecular complexity index is 541. The first-order chi connectivity index (χ1) is 10.6. The van der Waals surface area contributed by atoms with Crippen LogP contribution in [-0.4, -0.2) is 24.2 Å². The van der Waals surface area contributed by atoms with Crippen LogP contribution in [0.3, 0.4) is 0 Å². The van der Waals surface area contributed by atoms with Crippen LogP contribution in [0.5, 0.6) is 0 Å². The highest BCUT2D eigenvalue weighted by Gasteiger charge is 2.20. The van der Waals surface area contributed by atoms with E-state index in [0.29, 0.717) is 5.92 Å². The maximum Gasteiger partial charge on any atom is 0.408 e. The molecule has 1 aromatic rings. The predicted octanol–water partition coefficient (Wildman–Crippen LogP) is 2.65. The zero-order valence-corrected chi connectivity index (χ0v) is 14.6. The molecule has 1 amide bonds. The Kier molecular flexibility index (Phi) is 6.42. The van der Waals surface area contributed by atoms with E-state index in [9.17, 15) is 4.79 Å². The molecule has 0 fully saturated rings. The van der Waals surface area contributed by atoms with Crippen molar-refractivity contribution >= 4 is 12.1 Å². The monoisotopic (exact) mass is 320 g/mol. The maximum absolute atomic E-state index is 12.0. The van der Waals surface area contributed by atoms with Crippen molar-refractivity contribution in [1.29, 1.82) is 0 Å². The van der Waals surface area contributed by atoms with Crippen molar-refractivity contribution in [2.24, 2.45) is 16.5 Å². The summed E-state index contributed by atoms with van der Waals surface area (Å²) in [5, 5.41) is 2.81. The zero-order chi connectivity index (χ0) is 17.6. The lowest BCUT2D eigenvalue weighted by molar-refractivity contribution is 0.0505. The number of rotatable bonds is 5. The molecule has 0 bridgehead atoms. The van der Waals surface area contributed by atoms with Gasteiger partial charge in [0.15, 0.2) is 5.96 Å². The van der Waals surface area contributed by atoms with Crippen LogP contribution in [0.15, 0.2) is 29.3 Å². The number of ether oxygens (including phenoxy) is 1. The van der Waals surface area contributed by atoms with Gasteiger partial charge in [0, 0.05) is 0 Å². The standard InChI is InChI=1S/C17H28N4O2/c1-11(2)12-6-8-13(9-7-12)14(10-20-15(18)19)21-16(22)23-17(3,4)5/h6-9,11,14H,10H2,1-5H3,(H,21,22)(H4,18,19,20). The number of nitrogens with zero attached hydrogens (tertiary/aromatic N) is 1. The van der Waals surface area contributed by atoms with Gasteiger partial charge in [0.1, 0.15) is 5.60 Å². The van der Waals surface area contributed by atoms with E-state index in [-0.39, 0.29) is 18.5 Å². The number of nitrogens with one attached hydrogen (secondary N) is 1. The smallest absolute Gasteiger partial charge is 0.408 e.